The number of aryl methyl sites for hydroxylation is 1. The molecule has 152 valence electrons. The maximum Gasteiger partial charge on any atom is 0.277 e. The van der Waals surface area contributed by atoms with E-state index >= 15 is 0 Å². The molecule has 1 amide bonds. The number of ether oxygens (including phenoxy) is 1. The SMILES string of the molecule is Cc1cc(Cl)ccc1NC(=O)CSc1nnc(COc2ccc3ccccc3c2)o1. The van der Waals surface area contributed by atoms with Crippen molar-refractivity contribution in [1.29, 1.82) is 0 Å². The number of carbonyl (C=O) groups excluding carboxylic acids is 1. The molecule has 4 aromatic rings. The number of carbonyl (C=O) groups is 1. The fourth-order valence-electron chi connectivity index (χ4n) is 2.84. The van der Waals surface area contributed by atoms with E-state index in [0.29, 0.717) is 16.1 Å². The molecule has 0 unspecified atom stereocenters. The molecule has 1 N–H and O–H groups in total. The third-order valence-corrected chi connectivity index (χ3v) is 5.37. The summed E-state index contributed by atoms with van der Waals surface area (Å²) in [6.07, 6.45) is 0. The topological polar surface area (TPSA) is 77.2 Å². The van der Waals surface area contributed by atoms with Crippen LogP contribution in [-0.4, -0.2) is 21.9 Å². The third-order valence-electron chi connectivity index (χ3n) is 4.32. The van der Waals surface area contributed by atoms with Gasteiger partial charge >= 0.3 is 0 Å². The van der Waals surface area contributed by atoms with Gasteiger partial charge < -0.3 is 14.5 Å². The Morgan fingerprint density at radius 1 is 1.10 bits per heavy atom. The van der Waals surface area contributed by atoms with Crippen LogP contribution in [0.3, 0.4) is 0 Å². The number of halogens is 1. The van der Waals surface area contributed by atoms with E-state index in [-0.39, 0.29) is 18.3 Å². The van der Waals surface area contributed by atoms with Crippen molar-refractivity contribution in [2.24, 2.45) is 0 Å². The Balaban J connectivity index is 1.28. The Bertz CT molecular complexity index is 1200. The summed E-state index contributed by atoms with van der Waals surface area (Å²) in [5.74, 6) is 1.05. The highest BCUT2D eigenvalue weighted by Gasteiger charge is 2.11. The summed E-state index contributed by atoms with van der Waals surface area (Å²) in [7, 11) is 0. The molecule has 4 rings (SSSR count). The lowest BCUT2D eigenvalue weighted by molar-refractivity contribution is -0.113. The zero-order chi connectivity index (χ0) is 20.9. The first-order chi connectivity index (χ1) is 14.6. The summed E-state index contributed by atoms with van der Waals surface area (Å²) in [5, 5.41) is 14.0. The van der Waals surface area contributed by atoms with Crippen LogP contribution in [0.15, 0.2) is 70.3 Å². The Morgan fingerprint density at radius 3 is 2.77 bits per heavy atom. The van der Waals surface area contributed by atoms with Crippen molar-refractivity contribution in [2.75, 3.05) is 11.1 Å². The van der Waals surface area contributed by atoms with Crippen LogP contribution in [-0.2, 0) is 11.4 Å². The van der Waals surface area contributed by atoms with Gasteiger partial charge in [0, 0.05) is 10.7 Å². The first-order valence-corrected chi connectivity index (χ1v) is 10.6. The highest BCUT2D eigenvalue weighted by Crippen LogP contribution is 2.23. The summed E-state index contributed by atoms with van der Waals surface area (Å²) in [4.78, 5) is 12.2. The number of nitrogens with one attached hydrogen (secondary N) is 1. The average Bonchev–Trinajstić information content (AvgIpc) is 3.20. The molecule has 0 fully saturated rings. The van der Waals surface area contributed by atoms with Crippen LogP contribution in [0.1, 0.15) is 11.5 Å². The van der Waals surface area contributed by atoms with Crippen molar-refractivity contribution in [3.05, 3.63) is 77.1 Å². The minimum absolute atomic E-state index is 0.148. The Morgan fingerprint density at radius 2 is 1.93 bits per heavy atom. The molecule has 8 heteroatoms. The lowest BCUT2D eigenvalue weighted by Gasteiger charge is -2.07. The molecule has 0 atom stereocenters. The number of hydrogen-bond donors (Lipinski definition) is 1. The molecule has 3 aromatic carbocycles. The quantitative estimate of drug-likeness (QED) is 0.383. The summed E-state index contributed by atoms with van der Waals surface area (Å²) in [5.41, 5.74) is 1.62. The second-order valence-electron chi connectivity index (χ2n) is 6.56. The molecule has 0 aliphatic rings. The van der Waals surface area contributed by atoms with Crippen LogP contribution in [0.4, 0.5) is 5.69 Å². The van der Waals surface area contributed by atoms with E-state index in [1.165, 1.54) is 11.8 Å². The molecular formula is C22H18ClN3O3S. The molecule has 1 heterocycles. The van der Waals surface area contributed by atoms with Gasteiger partial charge in [0.05, 0.1) is 5.75 Å². The number of hydrogen-bond acceptors (Lipinski definition) is 6. The minimum Gasteiger partial charge on any atom is -0.484 e. The van der Waals surface area contributed by atoms with E-state index < -0.39 is 0 Å². The summed E-state index contributed by atoms with van der Waals surface area (Å²) >= 11 is 7.10. The van der Waals surface area contributed by atoms with Gasteiger partial charge in [-0.2, -0.15) is 0 Å². The zero-order valence-electron chi connectivity index (χ0n) is 16.1. The van der Waals surface area contributed by atoms with Crippen LogP contribution < -0.4 is 10.1 Å². The van der Waals surface area contributed by atoms with Crippen LogP contribution in [0.25, 0.3) is 10.8 Å². The van der Waals surface area contributed by atoms with Crippen LogP contribution in [0, 0.1) is 6.92 Å². The predicted octanol–water partition coefficient (Wildman–Crippen LogP) is 5.49. The first kappa shape index (κ1) is 20.3. The highest BCUT2D eigenvalue weighted by molar-refractivity contribution is 7.99. The zero-order valence-corrected chi connectivity index (χ0v) is 17.7. The molecule has 0 aliphatic heterocycles. The molecular weight excluding hydrogens is 422 g/mol. The van der Waals surface area contributed by atoms with Gasteiger partial charge in [0.2, 0.25) is 5.91 Å². The molecule has 0 saturated heterocycles. The average molecular weight is 440 g/mol. The van der Waals surface area contributed by atoms with E-state index in [0.717, 1.165) is 27.8 Å². The third kappa shape index (κ3) is 5.11. The van der Waals surface area contributed by atoms with Crippen molar-refractivity contribution in [1.82, 2.24) is 10.2 Å². The number of rotatable bonds is 7. The van der Waals surface area contributed by atoms with Gasteiger partial charge in [-0.05, 0) is 53.6 Å². The molecule has 0 saturated carbocycles. The van der Waals surface area contributed by atoms with Gasteiger partial charge in [-0.1, -0.05) is 53.7 Å². The fraction of sp³-hybridized carbons (Fsp3) is 0.136. The van der Waals surface area contributed by atoms with E-state index in [1.807, 2.05) is 49.4 Å². The van der Waals surface area contributed by atoms with Crippen molar-refractivity contribution in [2.45, 2.75) is 18.8 Å². The lowest BCUT2D eigenvalue weighted by atomic mass is 10.1. The van der Waals surface area contributed by atoms with Crippen LogP contribution in [0.2, 0.25) is 5.02 Å². The second-order valence-corrected chi connectivity index (χ2v) is 7.92. The lowest BCUT2D eigenvalue weighted by Crippen LogP contribution is -2.14. The van der Waals surface area contributed by atoms with Crippen molar-refractivity contribution in [3.8, 4) is 5.75 Å². The summed E-state index contributed by atoms with van der Waals surface area (Å²) in [6, 6.07) is 19.2. The number of anilines is 1. The molecule has 0 radical (unpaired) electrons. The number of nitrogens with zero attached hydrogens (tertiary/aromatic N) is 2. The summed E-state index contributed by atoms with van der Waals surface area (Å²) in [6.45, 7) is 2.04. The van der Waals surface area contributed by atoms with Gasteiger partial charge in [-0.25, -0.2) is 0 Å². The van der Waals surface area contributed by atoms with Crippen LogP contribution >= 0.6 is 23.4 Å². The molecule has 0 aliphatic carbocycles. The second kappa shape index (κ2) is 9.19. The molecule has 0 spiro atoms. The van der Waals surface area contributed by atoms with Crippen molar-refractivity contribution in [3.63, 3.8) is 0 Å². The monoisotopic (exact) mass is 439 g/mol. The molecule has 30 heavy (non-hydrogen) atoms. The highest BCUT2D eigenvalue weighted by atomic mass is 35.5. The number of thioether (sulfide) groups is 1. The first-order valence-electron chi connectivity index (χ1n) is 9.19. The standard InChI is InChI=1S/C22H18ClN3O3S/c1-14-10-17(23)7-9-19(14)24-20(27)13-30-22-26-25-21(29-22)12-28-18-8-6-15-4-2-3-5-16(15)11-18/h2-11H,12-13H2,1H3,(H,24,27). The number of aromatic nitrogens is 2. The van der Waals surface area contributed by atoms with E-state index in [1.54, 1.807) is 18.2 Å². The number of benzene rings is 3. The van der Waals surface area contributed by atoms with E-state index in [4.69, 9.17) is 20.8 Å². The van der Waals surface area contributed by atoms with Gasteiger partial charge in [0.25, 0.3) is 11.1 Å². The molecule has 6 nitrogen and oxygen atoms in total. The Hall–Kier alpha value is -3.03. The molecule has 1 aromatic heterocycles. The minimum atomic E-state index is -0.169. The maximum atomic E-state index is 12.2. The van der Waals surface area contributed by atoms with Crippen molar-refractivity contribution < 1.29 is 13.9 Å². The number of fused-ring (bicyclic) bond motifs is 1. The van der Waals surface area contributed by atoms with Crippen LogP contribution in [0.5, 0.6) is 5.75 Å². The van der Waals surface area contributed by atoms with Gasteiger partial charge in [-0.15, -0.1) is 10.2 Å². The fourth-order valence-corrected chi connectivity index (χ4v) is 3.65. The number of amides is 1. The van der Waals surface area contributed by atoms with Gasteiger partial charge in [0.15, 0.2) is 6.61 Å². The predicted molar refractivity (Wildman–Crippen MR) is 118 cm³/mol. The van der Waals surface area contributed by atoms with Gasteiger partial charge in [0.1, 0.15) is 5.75 Å². The molecule has 0 bridgehead atoms. The normalized spacial score (nSPS) is 10.9. The Labute approximate surface area is 182 Å². The summed E-state index contributed by atoms with van der Waals surface area (Å²) < 4.78 is 11.3. The smallest absolute Gasteiger partial charge is 0.277 e. The van der Waals surface area contributed by atoms with Gasteiger partial charge in [-0.3, -0.25) is 4.79 Å². The largest absolute Gasteiger partial charge is 0.484 e. The van der Waals surface area contributed by atoms with Crippen molar-refractivity contribution >= 4 is 45.7 Å². The van der Waals surface area contributed by atoms with E-state index in [9.17, 15) is 4.79 Å². The Kier molecular flexibility index (Phi) is 6.21. The maximum absolute atomic E-state index is 12.2. The van der Waals surface area contributed by atoms with E-state index in [2.05, 4.69) is 15.5 Å².